The summed E-state index contributed by atoms with van der Waals surface area (Å²) >= 11 is 0. The topological polar surface area (TPSA) is 91.9 Å². The fraction of sp³-hybridized carbons (Fsp3) is 0.579. The van der Waals surface area contributed by atoms with E-state index in [0.717, 1.165) is 32.7 Å². The van der Waals surface area contributed by atoms with Gasteiger partial charge in [-0.2, -0.15) is 0 Å². The summed E-state index contributed by atoms with van der Waals surface area (Å²) in [5.41, 5.74) is 0.492. The molecular weight excluding hydrogens is 384 g/mol. The highest BCUT2D eigenvalue weighted by molar-refractivity contribution is 5.94. The van der Waals surface area contributed by atoms with Crippen molar-refractivity contribution in [2.45, 2.75) is 19.9 Å². The van der Waals surface area contributed by atoms with Crippen molar-refractivity contribution < 1.29 is 19.1 Å². The minimum absolute atomic E-state index is 0. The Morgan fingerprint density at radius 3 is 2.57 bits per heavy atom. The Hall–Kier alpha value is -2.03. The van der Waals surface area contributed by atoms with Gasteiger partial charge in [-0.25, -0.2) is 0 Å². The first-order valence-electron chi connectivity index (χ1n) is 9.31. The fourth-order valence-electron chi connectivity index (χ4n) is 2.80. The van der Waals surface area contributed by atoms with Crippen molar-refractivity contribution in [3.63, 3.8) is 0 Å². The van der Waals surface area contributed by atoms with E-state index in [1.165, 1.54) is 7.11 Å². The van der Waals surface area contributed by atoms with E-state index in [2.05, 4.69) is 20.9 Å². The zero-order valence-electron chi connectivity index (χ0n) is 16.7. The normalized spacial score (nSPS) is 14.1. The van der Waals surface area contributed by atoms with Gasteiger partial charge in [0.2, 0.25) is 0 Å². The SMILES string of the molecule is COc1cc(C(=O)NCCN2CCNCC2)ccc1OCC(=O)NC(C)C.Cl. The molecule has 2 amide bonds. The molecule has 1 heterocycles. The third-order valence-electron chi connectivity index (χ3n) is 4.16. The van der Waals surface area contributed by atoms with Crippen LogP contribution in [0.4, 0.5) is 0 Å². The lowest BCUT2D eigenvalue weighted by Gasteiger charge is -2.27. The molecule has 158 valence electrons. The molecule has 1 aromatic carbocycles. The van der Waals surface area contributed by atoms with Gasteiger partial charge in [0.25, 0.3) is 11.8 Å². The number of nitrogens with zero attached hydrogens (tertiary/aromatic N) is 1. The lowest BCUT2D eigenvalue weighted by molar-refractivity contribution is -0.123. The summed E-state index contributed by atoms with van der Waals surface area (Å²) in [6, 6.07) is 4.98. The number of hydrogen-bond donors (Lipinski definition) is 3. The molecule has 8 nitrogen and oxygen atoms in total. The minimum atomic E-state index is -0.207. The van der Waals surface area contributed by atoms with Crippen molar-refractivity contribution in [1.82, 2.24) is 20.9 Å². The van der Waals surface area contributed by atoms with E-state index in [9.17, 15) is 9.59 Å². The Morgan fingerprint density at radius 2 is 1.93 bits per heavy atom. The largest absolute Gasteiger partial charge is 0.493 e. The van der Waals surface area contributed by atoms with Crippen LogP contribution >= 0.6 is 12.4 Å². The van der Waals surface area contributed by atoms with E-state index in [-0.39, 0.29) is 36.9 Å². The molecule has 0 atom stereocenters. The van der Waals surface area contributed by atoms with Gasteiger partial charge in [0, 0.05) is 50.9 Å². The number of piperazine rings is 1. The van der Waals surface area contributed by atoms with E-state index in [1.54, 1.807) is 18.2 Å². The number of carbonyl (C=O) groups excluding carboxylic acids is 2. The molecule has 1 fully saturated rings. The van der Waals surface area contributed by atoms with Gasteiger partial charge in [0.15, 0.2) is 18.1 Å². The number of halogens is 1. The molecule has 1 saturated heterocycles. The van der Waals surface area contributed by atoms with Crippen LogP contribution in [0.1, 0.15) is 24.2 Å². The standard InChI is InChI=1S/C19H30N4O4.ClH/c1-14(2)22-18(24)13-27-16-5-4-15(12-17(16)26-3)19(25)21-8-11-23-9-6-20-7-10-23;/h4-5,12,14,20H,6-11,13H2,1-3H3,(H,21,25)(H,22,24);1H. The zero-order valence-corrected chi connectivity index (χ0v) is 17.6. The second kappa shape index (κ2) is 12.4. The molecule has 1 aliphatic rings. The van der Waals surface area contributed by atoms with Crippen molar-refractivity contribution in [3.8, 4) is 11.5 Å². The third-order valence-corrected chi connectivity index (χ3v) is 4.16. The van der Waals surface area contributed by atoms with Crippen molar-refractivity contribution in [3.05, 3.63) is 23.8 Å². The van der Waals surface area contributed by atoms with Crippen LogP contribution in [0.25, 0.3) is 0 Å². The second-order valence-electron chi connectivity index (χ2n) is 6.72. The molecule has 1 aliphatic heterocycles. The number of amides is 2. The highest BCUT2D eigenvalue weighted by Gasteiger charge is 2.14. The van der Waals surface area contributed by atoms with Crippen molar-refractivity contribution in [2.24, 2.45) is 0 Å². The minimum Gasteiger partial charge on any atom is -0.493 e. The molecule has 1 aromatic rings. The Morgan fingerprint density at radius 1 is 1.21 bits per heavy atom. The van der Waals surface area contributed by atoms with Gasteiger partial charge in [-0.05, 0) is 32.0 Å². The van der Waals surface area contributed by atoms with Gasteiger partial charge in [-0.1, -0.05) is 0 Å². The van der Waals surface area contributed by atoms with Crippen LogP contribution in [0.3, 0.4) is 0 Å². The quantitative estimate of drug-likeness (QED) is 0.549. The molecule has 9 heteroatoms. The maximum Gasteiger partial charge on any atom is 0.258 e. The van der Waals surface area contributed by atoms with Crippen LogP contribution < -0.4 is 25.4 Å². The first-order valence-corrected chi connectivity index (χ1v) is 9.31. The number of carbonyl (C=O) groups is 2. The monoisotopic (exact) mass is 414 g/mol. The Balaban J connectivity index is 0.00000392. The summed E-state index contributed by atoms with van der Waals surface area (Å²) < 4.78 is 10.8. The van der Waals surface area contributed by atoms with E-state index in [4.69, 9.17) is 9.47 Å². The summed E-state index contributed by atoms with van der Waals surface area (Å²) in [5.74, 6) is 0.477. The van der Waals surface area contributed by atoms with Crippen LogP contribution in [0, 0.1) is 0 Å². The maximum atomic E-state index is 12.4. The van der Waals surface area contributed by atoms with Crippen molar-refractivity contribution in [1.29, 1.82) is 0 Å². The second-order valence-corrected chi connectivity index (χ2v) is 6.72. The average molecular weight is 415 g/mol. The van der Waals surface area contributed by atoms with E-state index in [1.807, 2.05) is 13.8 Å². The van der Waals surface area contributed by atoms with E-state index in [0.29, 0.717) is 23.6 Å². The van der Waals surface area contributed by atoms with Crippen LogP contribution in [-0.2, 0) is 4.79 Å². The summed E-state index contributed by atoms with van der Waals surface area (Å²) in [6.45, 7) is 9.06. The Kier molecular flexibility index (Phi) is 10.7. The molecule has 0 radical (unpaired) electrons. The number of methoxy groups -OCH3 is 1. The average Bonchev–Trinajstić information content (AvgIpc) is 2.66. The molecular formula is C19H31ClN4O4. The van der Waals surface area contributed by atoms with Gasteiger partial charge < -0.3 is 25.4 Å². The molecule has 28 heavy (non-hydrogen) atoms. The molecule has 0 saturated carbocycles. The number of nitrogens with one attached hydrogen (secondary N) is 3. The van der Waals surface area contributed by atoms with E-state index < -0.39 is 0 Å². The fourth-order valence-corrected chi connectivity index (χ4v) is 2.80. The van der Waals surface area contributed by atoms with Gasteiger partial charge in [-0.3, -0.25) is 14.5 Å². The lowest BCUT2D eigenvalue weighted by atomic mass is 10.2. The van der Waals surface area contributed by atoms with Crippen LogP contribution in [0.15, 0.2) is 18.2 Å². The Bertz CT molecular complexity index is 636. The van der Waals surface area contributed by atoms with Gasteiger partial charge in [-0.15, -0.1) is 12.4 Å². The molecule has 3 N–H and O–H groups in total. The highest BCUT2D eigenvalue weighted by Crippen LogP contribution is 2.28. The smallest absolute Gasteiger partial charge is 0.258 e. The molecule has 2 rings (SSSR count). The summed E-state index contributed by atoms with van der Waals surface area (Å²) in [4.78, 5) is 26.4. The van der Waals surface area contributed by atoms with Gasteiger partial charge >= 0.3 is 0 Å². The first-order chi connectivity index (χ1) is 13.0. The van der Waals surface area contributed by atoms with Crippen LogP contribution in [0.5, 0.6) is 11.5 Å². The van der Waals surface area contributed by atoms with Gasteiger partial charge in [0.05, 0.1) is 7.11 Å². The number of benzene rings is 1. The van der Waals surface area contributed by atoms with Gasteiger partial charge in [0.1, 0.15) is 0 Å². The van der Waals surface area contributed by atoms with Crippen molar-refractivity contribution >= 4 is 24.2 Å². The summed E-state index contributed by atoms with van der Waals surface area (Å²) in [7, 11) is 1.50. The molecule has 0 bridgehead atoms. The lowest BCUT2D eigenvalue weighted by Crippen LogP contribution is -2.46. The summed E-state index contributed by atoms with van der Waals surface area (Å²) in [6.07, 6.45) is 0. The molecule has 0 spiro atoms. The highest BCUT2D eigenvalue weighted by atomic mass is 35.5. The third kappa shape index (κ3) is 7.92. The van der Waals surface area contributed by atoms with Crippen LogP contribution in [-0.4, -0.2) is 75.7 Å². The number of ether oxygens (including phenoxy) is 2. The Labute approximate surface area is 172 Å². The zero-order chi connectivity index (χ0) is 19.6. The maximum absolute atomic E-state index is 12.4. The predicted octanol–water partition coefficient (Wildman–Crippen LogP) is 0.655. The number of hydrogen-bond acceptors (Lipinski definition) is 6. The van der Waals surface area contributed by atoms with Crippen molar-refractivity contribution in [2.75, 3.05) is 53.0 Å². The molecule has 0 aromatic heterocycles. The number of rotatable bonds is 9. The predicted molar refractivity (Wildman–Crippen MR) is 111 cm³/mol. The van der Waals surface area contributed by atoms with E-state index >= 15 is 0 Å². The first kappa shape index (κ1) is 24.0. The summed E-state index contributed by atoms with van der Waals surface area (Å²) in [5, 5.41) is 8.99. The molecule has 0 unspecified atom stereocenters. The van der Waals surface area contributed by atoms with Crippen LogP contribution in [0.2, 0.25) is 0 Å². The molecule has 0 aliphatic carbocycles.